The van der Waals surface area contributed by atoms with E-state index in [0.717, 1.165) is 22.7 Å². The molecular formula is C22H24N3O+. The normalized spacial score (nSPS) is 11.0. The highest BCUT2D eigenvalue weighted by atomic mass is 16.2. The van der Waals surface area contributed by atoms with E-state index in [0.29, 0.717) is 11.0 Å². The number of benzene rings is 3. The van der Waals surface area contributed by atoms with Crippen molar-refractivity contribution >= 4 is 28.7 Å². The smallest absolute Gasteiger partial charge is 0.280 e. The minimum absolute atomic E-state index is 0.0115. The van der Waals surface area contributed by atoms with Gasteiger partial charge in [0.1, 0.15) is 5.69 Å². The molecule has 0 spiro atoms. The second-order valence-corrected chi connectivity index (χ2v) is 6.80. The molecule has 0 bridgehead atoms. The summed E-state index contributed by atoms with van der Waals surface area (Å²) < 4.78 is 0.500. The molecule has 0 aromatic heterocycles. The van der Waals surface area contributed by atoms with Crippen LogP contribution in [0, 0.1) is 0 Å². The minimum atomic E-state index is -0.0115. The molecule has 0 atom stereocenters. The molecule has 26 heavy (non-hydrogen) atoms. The van der Waals surface area contributed by atoms with Crippen molar-refractivity contribution in [3.05, 3.63) is 84.9 Å². The van der Waals surface area contributed by atoms with E-state index in [1.54, 1.807) is 0 Å². The SMILES string of the molecule is C[N+](C)(CC(=O)Nc1ccc(Nc2ccccc2)cc1)c1ccccc1. The number of carbonyl (C=O) groups excluding carboxylic acids is 1. The number of rotatable bonds is 6. The van der Waals surface area contributed by atoms with Crippen molar-refractivity contribution in [2.45, 2.75) is 0 Å². The molecule has 0 radical (unpaired) electrons. The molecule has 0 fully saturated rings. The van der Waals surface area contributed by atoms with Gasteiger partial charge in [-0.05, 0) is 48.5 Å². The number of amides is 1. The summed E-state index contributed by atoms with van der Waals surface area (Å²) in [5.41, 5.74) is 3.91. The van der Waals surface area contributed by atoms with E-state index in [1.165, 1.54) is 0 Å². The fourth-order valence-corrected chi connectivity index (χ4v) is 2.81. The van der Waals surface area contributed by atoms with Gasteiger partial charge in [0, 0.05) is 17.1 Å². The largest absolute Gasteiger partial charge is 0.356 e. The Bertz CT molecular complexity index is 844. The molecule has 1 amide bonds. The van der Waals surface area contributed by atoms with E-state index in [-0.39, 0.29) is 5.91 Å². The first-order valence-electron chi connectivity index (χ1n) is 8.63. The first-order valence-corrected chi connectivity index (χ1v) is 8.63. The zero-order valence-electron chi connectivity index (χ0n) is 15.1. The van der Waals surface area contributed by atoms with Gasteiger partial charge in [-0.3, -0.25) is 9.28 Å². The topological polar surface area (TPSA) is 41.1 Å². The van der Waals surface area contributed by atoms with Gasteiger partial charge < -0.3 is 10.6 Å². The fraction of sp³-hybridized carbons (Fsp3) is 0.136. The van der Waals surface area contributed by atoms with Crippen LogP contribution in [0.5, 0.6) is 0 Å². The van der Waals surface area contributed by atoms with E-state index >= 15 is 0 Å². The molecule has 0 aliphatic carbocycles. The number of hydrogen-bond donors (Lipinski definition) is 2. The molecule has 0 saturated carbocycles. The Hall–Kier alpha value is -3.11. The molecule has 3 aromatic carbocycles. The van der Waals surface area contributed by atoms with Crippen LogP contribution in [0.4, 0.5) is 22.7 Å². The lowest BCUT2D eigenvalue weighted by Gasteiger charge is -2.28. The molecule has 4 nitrogen and oxygen atoms in total. The molecule has 0 aliphatic heterocycles. The predicted molar refractivity (Wildman–Crippen MR) is 110 cm³/mol. The summed E-state index contributed by atoms with van der Waals surface area (Å²) in [6.45, 7) is 0.369. The van der Waals surface area contributed by atoms with Crippen LogP contribution in [0.25, 0.3) is 0 Å². The maximum atomic E-state index is 12.4. The highest BCUT2D eigenvalue weighted by molar-refractivity contribution is 5.93. The molecule has 0 aliphatic rings. The molecular weight excluding hydrogens is 322 g/mol. The summed E-state index contributed by atoms with van der Waals surface area (Å²) in [6.07, 6.45) is 0. The summed E-state index contributed by atoms with van der Waals surface area (Å²) >= 11 is 0. The number of hydrogen-bond acceptors (Lipinski definition) is 2. The predicted octanol–water partition coefficient (Wildman–Crippen LogP) is 4.64. The van der Waals surface area contributed by atoms with Gasteiger partial charge >= 0.3 is 0 Å². The van der Waals surface area contributed by atoms with Crippen molar-refractivity contribution in [2.24, 2.45) is 0 Å². The van der Waals surface area contributed by atoms with Crippen LogP contribution >= 0.6 is 0 Å². The summed E-state index contributed by atoms with van der Waals surface area (Å²) in [6, 6.07) is 27.8. The first-order chi connectivity index (χ1) is 12.5. The van der Waals surface area contributed by atoms with E-state index in [4.69, 9.17) is 0 Å². The third kappa shape index (κ3) is 4.71. The molecule has 4 heteroatoms. The fourth-order valence-electron chi connectivity index (χ4n) is 2.81. The van der Waals surface area contributed by atoms with Gasteiger partial charge in [-0.2, -0.15) is 0 Å². The first kappa shape index (κ1) is 17.7. The quantitative estimate of drug-likeness (QED) is 0.639. The Morgan fingerprint density at radius 3 is 1.85 bits per heavy atom. The Balaban J connectivity index is 1.59. The monoisotopic (exact) mass is 346 g/mol. The lowest BCUT2D eigenvalue weighted by molar-refractivity contribution is -0.116. The van der Waals surface area contributed by atoms with Crippen molar-refractivity contribution in [2.75, 3.05) is 31.3 Å². The van der Waals surface area contributed by atoms with Crippen molar-refractivity contribution in [1.82, 2.24) is 4.48 Å². The second-order valence-electron chi connectivity index (χ2n) is 6.80. The van der Waals surface area contributed by atoms with Crippen LogP contribution in [-0.2, 0) is 4.79 Å². The molecule has 3 aromatic rings. The van der Waals surface area contributed by atoms with E-state index < -0.39 is 0 Å². The summed E-state index contributed by atoms with van der Waals surface area (Å²) in [4.78, 5) is 12.4. The molecule has 3 rings (SSSR count). The van der Waals surface area contributed by atoms with Gasteiger partial charge in [0.15, 0.2) is 6.54 Å². The summed E-state index contributed by atoms with van der Waals surface area (Å²) in [5.74, 6) is -0.0115. The number of likely N-dealkylation sites (N-methyl/N-ethyl adjacent to an activating group) is 1. The standard InChI is InChI=1S/C22H23N3O/c1-25(2,21-11-7-4-8-12-21)17-22(26)24-20-15-13-19(14-16-20)23-18-9-5-3-6-10-18/h3-16,23H,17H2,1-2H3/p+1. The molecule has 0 heterocycles. The van der Waals surface area contributed by atoms with Crippen LogP contribution in [0.1, 0.15) is 0 Å². The zero-order valence-corrected chi connectivity index (χ0v) is 15.1. The van der Waals surface area contributed by atoms with Crippen molar-refractivity contribution in [1.29, 1.82) is 0 Å². The lowest BCUT2D eigenvalue weighted by atomic mass is 10.2. The molecule has 0 saturated heterocycles. The number of anilines is 3. The lowest BCUT2D eigenvalue weighted by Crippen LogP contribution is -2.46. The van der Waals surface area contributed by atoms with Gasteiger partial charge in [-0.25, -0.2) is 0 Å². The number of nitrogens with one attached hydrogen (secondary N) is 2. The van der Waals surface area contributed by atoms with Crippen LogP contribution in [-0.4, -0.2) is 26.5 Å². The third-order valence-electron chi connectivity index (χ3n) is 4.23. The van der Waals surface area contributed by atoms with Crippen molar-refractivity contribution in [3.63, 3.8) is 0 Å². The third-order valence-corrected chi connectivity index (χ3v) is 4.23. The average Bonchev–Trinajstić information content (AvgIpc) is 2.64. The molecule has 0 unspecified atom stereocenters. The highest BCUT2D eigenvalue weighted by Gasteiger charge is 2.22. The summed E-state index contributed by atoms with van der Waals surface area (Å²) in [7, 11) is 4.06. The van der Waals surface area contributed by atoms with Crippen LogP contribution in [0.3, 0.4) is 0 Å². The van der Waals surface area contributed by atoms with Crippen LogP contribution in [0.15, 0.2) is 84.9 Å². The average molecular weight is 346 g/mol. The highest BCUT2D eigenvalue weighted by Crippen LogP contribution is 2.20. The number of nitrogens with zero attached hydrogens (tertiary/aromatic N) is 1. The molecule has 132 valence electrons. The number of para-hydroxylation sites is 2. The van der Waals surface area contributed by atoms with Gasteiger partial charge in [0.2, 0.25) is 0 Å². The van der Waals surface area contributed by atoms with Gasteiger partial charge in [-0.1, -0.05) is 36.4 Å². The second kappa shape index (κ2) is 7.85. The minimum Gasteiger partial charge on any atom is -0.356 e. The number of carbonyl (C=O) groups is 1. The summed E-state index contributed by atoms with van der Waals surface area (Å²) in [5, 5.41) is 6.30. The Labute approximate surface area is 154 Å². The van der Waals surface area contributed by atoms with Crippen LogP contribution in [0.2, 0.25) is 0 Å². The molecule has 2 N–H and O–H groups in total. The zero-order chi connectivity index (χ0) is 18.4. The van der Waals surface area contributed by atoms with Crippen LogP contribution < -0.4 is 15.1 Å². The van der Waals surface area contributed by atoms with Gasteiger partial charge in [0.05, 0.1) is 14.1 Å². The Morgan fingerprint density at radius 2 is 1.23 bits per heavy atom. The Morgan fingerprint density at radius 1 is 0.731 bits per heavy atom. The Kier molecular flexibility index (Phi) is 5.34. The van der Waals surface area contributed by atoms with Gasteiger partial charge in [-0.15, -0.1) is 0 Å². The van der Waals surface area contributed by atoms with Crippen molar-refractivity contribution in [3.8, 4) is 0 Å². The van der Waals surface area contributed by atoms with Gasteiger partial charge in [0.25, 0.3) is 5.91 Å². The van der Waals surface area contributed by atoms with E-state index in [1.807, 2.05) is 99.0 Å². The van der Waals surface area contributed by atoms with E-state index in [2.05, 4.69) is 10.6 Å². The van der Waals surface area contributed by atoms with E-state index in [9.17, 15) is 4.79 Å². The van der Waals surface area contributed by atoms with Crippen molar-refractivity contribution < 1.29 is 4.79 Å². The maximum absolute atomic E-state index is 12.4. The maximum Gasteiger partial charge on any atom is 0.280 e. The number of quaternary nitrogens is 1.